The zero-order chi connectivity index (χ0) is 12.5. The first-order valence-electron chi connectivity index (χ1n) is 5.58. The van der Waals surface area contributed by atoms with Gasteiger partial charge in [-0.25, -0.2) is 4.98 Å². The number of nitrogen functional groups attached to an aromatic ring is 1. The zero-order valence-corrected chi connectivity index (χ0v) is 9.58. The first-order chi connectivity index (χ1) is 8.79. The van der Waals surface area contributed by atoms with Gasteiger partial charge in [0.05, 0.1) is 5.52 Å². The van der Waals surface area contributed by atoms with Crippen molar-refractivity contribution in [1.82, 2.24) is 9.38 Å². The molecule has 0 aliphatic heterocycles. The summed E-state index contributed by atoms with van der Waals surface area (Å²) in [5.41, 5.74) is 8.57. The van der Waals surface area contributed by atoms with Crippen molar-refractivity contribution in [3.63, 3.8) is 0 Å². The van der Waals surface area contributed by atoms with E-state index in [9.17, 15) is 4.79 Å². The highest BCUT2D eigenvalue weighted by molar-refractivity contribution is 5.86. The Bertz CT molecular complexity index is 731. The van der Waals surface area contributed by atoms with Crippen molar-refractivity contribution in [2.45, 2.75) is 0 Å². The van der Waals surface area contributed by atoms with E-state index in [4.69, 9.17) is 5.73 Å². The van der Waals surface area contributed by atoms with E-state index in [1.165, 1.54) is 0 Å². The fraction of sp³-hybridized carbons (Fsp3) is 0. The van der Waals surface area contributed by atoms with Crippen LogP contribution in [0, 0.1) is 0 Å². The summed E-state index contributed by atoms with van der Waals surface area (Å²) < 4.78 is 1.89. The Morgan fingerprint density at radius 2 is 2.06 bits per heavy atom. The molecule has 2 N–H and O–H groups in total. The molecule has 0 atom stereocenters. The van der Waals surface area contributed by atoms with Crippen LogP contribution in [-0.2, 0) is 0 Å². The lowest BCUT2D eigenvalue weighted by Gasteiger charge is -2.01. The van der Waals surface area contributed by atoms with Crippen molar-refractivity contribution in [3.05, 3.63) is 54.4 Å². The number of pyridine rings is 1. The quantitative estimate of drug-likeness (QED) is 0.550. The maximum atomic E-state index is 11.0. The molecule has 0 amide bonds. The van der Waals surface area contributed by atoms with E-state index in [0.29, 0.717) is 11.4 Å². The average molecular weight is 237 g/mol. The maximum absolute atomic E-state index is 11.0. The summed E-state index contributed by atoms with van der Waals surface area (Å²) in [4.78, 5) is 15.4. The molecule has 0 aliphatic carbocycles. The van der Waals surface area contributed by atoms with Gasteiger partial charge >= 0.3 is 0 Å². The number of benzene rings is 1. The zero-order valence-electron chi connectivity index (χ0n) is 9.58. The van der Waals surface area contributed by atoms with Crippen molar-refractivity contribution in [3.8, 4) is 11.4 Å². The minimum Gasteiger partial charge on any atom is -0.399 e. The standard InChI is InChI=1S/C14H11N3O/c15-11-5-3-4-10(8-11)14-16-12(9-18)13-6-1-2-7-17(13)14/h1-9H,15H2. The summed E-state index contributed by atoms with van der Waals surface area (Å²) in [5, 5.41) is 0. The second-order valence-electron chi connectivity index (χ2n) is 4.02. The lowest BCUT2D eigenvalue weighted by Crippen LogP contribution is -1.90. The molecule has 3 rings (SSSR count). The normalized spacial score (nSPS) is 10.7. The number of fused-ring (bicyclic) bond motifs is 1. The SMILES string of the molecule is Nc1cccc(-c2nc(C=O)c3ccccn23)c1. The predicted molar refractivity (Wildman–Crippen MR) is 70.4 cm³/mol. The molecule has 4 heteroatoms. The van der Waals surface area contributed by atoms with E-state index >= 15 is 0 Å². The van der Waals surface area contributed by atoms with Crippen molar-refractivity contribution in [2.75, 3.05) is 5.73 Å². The van der Waals surface area contributed by atoms with Gasteiger partial charge in [0.15, 0.2) is 6.29 Å². The molecule has 0 bridgehead atoms. The third-order valence-electron chi connectivity index (χ3n) is 2.83. The monoisotopic (exact) mass is 237 g/mol. The third kappa shape index (κ3) is 1.55. The summed E-state index contributed by atoms with van der Waals surface area (Å²) in [5.74, 6) is 0.722. The molecule has 0 saturated heterocycles. The Balaban J connectivity index is 2.33. The first-order valence-corrected chi connectivity index (χ1v) is 5.58. The summed E-state index contributed by atoms with van der Waals surface area (Å²) in [7, 11) is 0. The summed E-state index contributed by atoms with van der Waals surface area (Å²) in [6.07, 6.45) is 2.65. The number of hydrogen-bond donors (Lipinski definition) is 1. The summed E-state index contributed by atoms with van der Waals surface area (Å²) in [6, 6.07) is 13.1. The van der Waals surface area contributed by atoms with Gasteiger partial charge in [-0.3, -0.25) is 9.20 Å². The van der Waals surface area contributed by atoms with Crippen molar-refractivity contribution >= 4 is 17.5 Å². The molecule has 0 radical (unpaired) electrons. The molecule has 0 fully saturated rings. The van der Waals surface area contributed by atoms with Crippen LogP contribution in [0.4, 0.5) is 5.69 Å². The maximum Gasteiger partial charge on any atom is 0.170 e. The van der Waals surface area contributed by atoms with E-state index in [-0.39, 0.29) is 0 Å². The Hall–Kier alpha value is -2.62. The molecule has 18 heavy (non-hydrogen) atoms. The van der Waals surface area contributed by atoms with Gasteiger partial charge in [0.25, 0.3) is 0 Å². The lowest BCUT2D eigenvalue weighted by molar-refractivity contribution is 0.112. The van der Waals surface area contributed by atoms with Crippen LogP contribution in [0.5, 0.6) is 0 Å². The molecule has 3 aromatic rings. The Kier molecular flexibility index (Phi) is 2.34. The number of rotatable bonds is 2. The Morgan fingerprint density at radius 3 is 2.83 bits per heavy atom. The fourth-order valence-corrected chi connectivity index (χ4v) is 2.03. The number of carbonyl (C=O) groups is 1. The number of aromatic nitrogens is 2. The minimum absolute atomic E-state index is 0.438. The van der Waals surface area contributed by atoms with E-state index < -0.39 is 0 Å². The first kappa shape index (κ1) is 10.5. The van der Waals surface area contributed by atoms with E-state index in [1.807, 2.05) is 53.1 Å². The number of aldehydes is 1. The van der Waals surface area contributed by atoms with Crippen LogP contribution in [-0.4, -0.2) is 15.7 Å². The molecule has 2 heterocycles. The van der Waals surface area contributed by atoms with Crippen molar-refractivity contribution in [2.24, 2.45) is 0 Å². The Labute approximate surface area is 104 Å². The van der Waals surface area contributed by atoms with Gasteiger partial charge in [-0.1, -0.05) is 18.2 Å². The van der Waals surface area contributed by atoms with Gasteiger partial charge in [0.1, 0.15) is 11.5 Å². The van der Waals surface area contributed by atoms with Gasteiger partial charge in [-0.15, -0.1) is 0 Å². The highest BCUT2D eigenvalue weighted by Crippen LogP contribution is 2.23. The molecule has 1 aromatic carbocycles. The number of imidazole rings is 1. The number of hydrogen-bond acceptors (Lipinski definition) is 3. The predicted octanol–water partition coefficient (Wildman–Crippen LogP) is 2.40. The van der Waals surface area contributed by atoms with Crippen LogP contribution >= 0.6 is 0 Å². The molecule has 4 nitrogen and oxygen atoms in total. The van der Waals surface area contributed by atoms with Gasteiger partial charge in [0.2, 0.25) is 0 Å². The third-order valence-corrected chi connectivity index (χ3v) is 2.83. The molecule has 0 aliphatic rings. The number of carbonyl (C=O) groups excluding carboxylic acids is 1. The molecular formula is C14H11N3O. The van der Waals surface area contributed by atoms with E-state index in [0.717, 1.165) is 23.2 Å². The van der Waals surface area contributed by atoms with Crippen molar-refractivity contribution in [1.29, 1.82) is 0 Å². The minimum atomic E-state index is 0.438. The molecule has 0 saturated carbocycles. The van der Waals surface area contributed by atoms with Gasteiger partial charge < -0.3 is 5.73 Å². The number of anilines is 1. The van der Waals surface area contributed by atoms with Gasteiger partial charge in [0, 0.05) is 17.4 Å². The highest BCUT2D eigenvalue weighted by Gasteiger charge is 2.11. The molecular weight excluding hydrogens is 226 g/mol. The van der Waals surface area contributed by atoms with Gasteiger partial charge in [-0.2, -0.15) is 0 Å². The largest absolute Gasteiger partial charge is 0.399 e. The van der Waals surface area contributed by atoms with Crippen molar-refractivity contribution < 1.29 is 4.79 Å². The summed E-state index contributed by atoms with van der Waals surface area (Å²) >= 11 is 0. The smallest absolute Gasteiger partial charge is 0.170 e. The Morgan fingerprint density at radius 1 is 1.17 bits per heavy atom. The van der Waals surface area contributed by atoms with Crippen LogP contribution in [0.2, 0.25) is 0 Å². The molecule has 0 spiro atoms. The second-order valence-corrected chi connectivity index (χ2v) is 4.02. The highest BCUT2D eigenvalue weighted by atomic mass is 16.1. The average Bonchev–Trinajstić information content (AvgIpc) is 2.77. The van der Waals surface area contributed by atoms with Crippen LogP contribution in [0.25, 0.3) is 16.9 Å². The summed E-state index contributed by atoms with van der Waals surface area (Å²) in [6.45, 7) is 0. The van der Waals surface area contributed by atoms with E-state index in [2.05, 4.69) is 4.98 Å². The lowest BCUT2D eigenvalue weighted by atomic mass is 10.2. The number of nitrogens with two attached hydrogens (primary N) is 1. The van der Waals surface area contributed by atoms with Crippen LogP contribution in [0.1, 0.15) is 10.5 Å². The second kappa shape index (κ2) is 4.00. The fourth-order valence-electron chi connectivity index (χ4n) is 2.03. The van der Waals surface area contributed by atoms with Crippen LogP contribution < -0.4 is 5.73 Å². The molecule has 0 unspecified atom stereocenters. The van der Waals surface area contributed by atoms with Gasteiger partial charge in [-0.05, 0) is 24.3 Å². The van der Waals surface area contributed by atoms with E-state index in [1.54, 1.807) is 0 Å². The molecule has 2 aromatic heterocycles. The number of nitrogens with zero attached hydrogens (tertiary/aromatic N) is 2. The van der Waals surface area contributed by atoms with Crippen LogP contribution in [0.3, 0.4) is 0 Å². The topological polar surface area (TPSA) is 60.4 Å². The van der Waals surface area contributed by atoms with Crippen LogP contribution in [0.15, 0.2) is 48.7 Å². The molecule has 88 valence electrons.